The van der Waals surface area contributed by atoms with E-state index in [1.165, 1.54) is 18.9 Å². The number of rotatable bonds is 4. The molecule has 0 radical (unpaired) electrons. The van der Waals surface area contributed by atoms with Crippen LogP contribution in [-0.4, -0.2) is 19.6 Å². The highest BCUT2D eigenvalue weighted by atomic mass is 19.1. The summed E-state index contributed by atoms with van der Waals surface area (Å²) in [5.74, 6) is 1.05. The molecule has 24 heavy (non-hydrogen) atoms. The zero-order valence-corrected chi connectivity index (χ0v) is 14.2. The first-order valence-electron chi connectivity index (χ1n) is 8.30. The van der Waals surface area contributed by atoms with E-state index in [0.29, 0.717) is 12.5 Å². The Morgan fingerprint density at radius 1 is 1.29 bits per heavy atom. The molecule has 4 rings (SSSR count). The van der Waals surface area contributed by atoms with Gasteiger partial charge in [0.1, 0.15) is 12.0 Å². The van der Waals surface area contributed by atoms with Crippen molar-refractivity contribution >= 4 is 5.65 Å². The number of aryl methyl sites for hydroxylation is 1. The van der Waals surface area contributed by atoms with Crippen LogP contribution in [0, 0.1) is 12.9 Å². The van der Waals surface area contributed by atoms with Crippen LogP contribution in [0.5, 0.6) is 0 Å². The van der Waals surface area contributed by atoms with Crippen LogP contribution in [0.4, 0.5) is 4.39 Å². The fraction of sp³-hybridized carbons (Fsp3) is 0.444. The van der Waals surface area contributed by atoms with Gasteiger partial charge in [0, 0.05) is 29.3 Å². The highest BCUT2D eigenvalue weighted by Gasteiger charge is 2.29. The van der Waals surface area contributed by atoms with Gasteiger partial charge in [-0.05, 0) is 30.4 Å². The number of fused-ring (bicyclic) bond motifs is 1. The zero-order chi connectivity index (χ0) is 16.9. The predicted octanol–water partition coefficient (Wildman–Crippen LogP) is 2.71. The van der Waals surface area contributed by atoms with Crippen LogP contribution in [0.3, 0.4) is 0 Å². The second-order valence-electron chi connectivity index (χ2n) is 7.39. The molecule has 0 bridgehead atoms. The molecule has 0 saturated heterocycles. The number of hydrogen-bond donors (Lipinski definition) is 0. The van der Waals surface area contributed by atoms with E-state index >= 15 is 0 Å². The van der Waals surface area contributed by atoms with Gasteiger partial charge in [-0.2, -0.15) is 4.39 Å². The van der Waals surface area contributed by atoms with Gasteiger partial charge in [-0.15, -0.1) is 4.52 Å². The lowest BCUT2D eigenvalue weighted by Gasteiger charge is -2.23. The van der Waals surface area contributed by atoms with Crippen LogP contribution >= 0.6 is 0 Å². The molecule has 1 fully saturated rings. The molecule has 0 aromatic carbocycles. The average Bonchev–Trinajstić information content (AvgIpc) is 3.29. The molecular formula is C18H21FN5+. The maximum atomic E-state index is 13.5. The lowest BCUT2D eigenvalue weighted by atomic mass is 9.86. The molecule has 0 unspecified atom stereocenters. The molecule has 1 aliphatic rings. The molecule has 3 heterocycles. The summed E-state index contributed by atoms with van der Waals surface area (Å²) < 4.78 is 17.2. The van der Waals surface area contributed by atoms with Gasteiger partial charge >= 0.3 is 5.65 Å². The van der Waals surface area contributed by atoms with Crippen molar-refractivity contribution in [1.82, 2.24) is 19.6 Å². The molecule has 3 aromatic heterocycles. The molecule has 1 aliphatic carbocycles. The molecule has 124 valence electrons. The summed E-state index contributed by atoms with van der Waals surface area (Å²) in [6, 6.07) is 1.46. The Kier molecular flexibility index (Phi) is 3.37. The third kappa shape index (κ3) is 2.77. The summed E-state index contributed by atoms with van der Waals surface area (Å²) in [6.07, 6.45) is 10.1. The van der Waals surface area contributed by atoms with Crippen molar-refractivity contribution in [2.75, 3.05) is 0 Å². The summed E-state index contributed by atoms with van der Waals surface area (Å²) in [4.78, 5) is 9.07. The molecule has 0 N–H and O–H groups in total. The van der Waals surface area contributed by atoms with E-state index < -0.39 is 5.95 Å². The fourth-order valence-corrected chi connectivity index (χ4v) is 3.09. The smallest absolute Gasteiger partial charge is 0.241 e. The Bertz CT molecular complexity index is 894. The minimum absolute atomic E-state index is 0.179. The van der Waals surface area contributed by atoms with Crippen molar-refractivity contribution < 1.29 is 8.96 Å². The Labute approximate surface area is 140 Å². The fourth-order valence-electron chi connectivity index (χ4n) is 3.09. The maximum Gasteiger partial charge on any atom is 0.311 e. The lowest BCUT2D eigenvalue weighted by Crippen LogP contribution is -2.44. The van der Waals surface area contributed by atoms with Crippen molar-refractivity contribution in [1.29, 1.82) is 0 Å². The molecule has 1 saturated carbocycles. The van der Waals surface area contributed by atoms with E-state index in [2.05, 4.69) is 28.9 Å². The van der Waals surface area contributed by atoms with Crippen molar-refractivity contribution in [3.8, 4) is 0 Å². The van der Waals surface area contributed by atoms with Crippen molar-refractivity contribution in [2.45, 2.75) is 51.5 Å². The van der Waals surface area contributed by atoms with Crippen molar-refractivity contribution in [3.63, 3.8) is 0 Å². The molecule has 0 spiro atoms. The first-order valence-corrected chi connectivity index (χ1v) is 8.30. The maximum absolute atomic E-state index is 13.5. The minimum atomic E-state index is -0.468. The molecule has 3 aromatic rings. The van der Waals surface area contributed by atoms with Gasteiger partial charge in [0.25, 0.3) is 5.95 Å². The zero-order valence-electron chi connectivity index (χ0n) is 14.2. The van der Waals surface area contributed by atoms with Gasteiger partial charge in [0.05, 0.1) is 18.8 Å². The standard InChI is InChI=1S/C18H21FN5/c1-12-9-23(16-6-15(19)22-24(16)10-12)11-18(2,3)14-7-20-17(21-8-14)13-4-5-13/h6-10,13H,4-5,11H2,1-3H3/q+1. The molecule has 0 aliphatic heterocycles. The summed E-state index contributed by atoms with van der Waals surface area (Å²) in [5, 5.41) is 3.88. The van der Waals surface area contributed by atoms with Crippen molar-refractivity contribution in [3.05, 3.63) is 53.8 Å². The van der Waals surface area contributed by atoms with E-state index in [9.17, 15) is 4.39 Å². The van der Waals surface area contributed by atoms with Gasteiger partial charge in [-0.3, -0.25) is 0 Å². The minimum Gasteiger partial charge on any atom is -0.241 e. The van der Waals surface area contributed by atoms with Crippen LogP contribution in [0.2, 0.25) is 0 Å². The molecule has 0 atom stereocenters. The van der Waals surface area contributed by atoms with E-state index in [1.807, 2.05) is 36.3 Å². The Morgan fingerprint density at radius 2 is 2.00 bits per heavy atom. The highest BCUT2D eigenvalue weighted by Crippen LogP contribution is 2.38. The first kappa shape index (κ1) is 15.2. The topological polar surface area (TPSA) is 47.0 Å². The molecule has 5 nitrogen and oxygen atoms in total. The number of hydrogen-bond acceptors (Lipinski definition) is 3. The Morgan fingerprint density at radius 3 is 2.67 bits per heavy atom. The van der Waals surface area contributed by atoms with E-state index in [4.69, 9.17) is 0 Å². The van der Waals surface area contributed by atoms with E-state index in [1.54, 1.807) is 4.52 Å². The van der Waals surface area contributed by atoms with E-state index in [0.717, 1.165) is 22.6 Å². The molecule has 6 heteroatoms. The summed E-state index contributed by atoms with van der Waals surface area (Å²) in [7, 11) is 0. The van der Waals surface area contributed by atoms with Gasteiger partial charge < -0.3 is 0 Å². The second kappa shape index (κ2) is 5.33. The van der Waals surface area contributed by atoms with Gasteiger partial charge in [-0.25, -0.2) is 14.5 Å². The summed E-state index contributed by atoms with van der Waals surface area (Å²) >= 11 is 0. The van der Waals surface area contributed by atoms with Crippen LogP contribution in [-0.2, 0) is 12.0 Å². The Balaban J connectivity index is 1.67. The Hall–Kier alpha value is -2.37. The van der Waals surface area contributed by atoms with Gasteiger partial charge in [0.15, 0.2) is 0 Å². The van der Waals surface area contributed by atoms with Gasteiger partial charge in [-0.1, -0.05) is 13.8 Å². The number of nitrogens with zero attached hydrogens (tertiary/aromatic N) is 5. The normalized spacial score (nSPS) is 15.2. The van der Waals surface area contributed by atoms with Crippen LogP contribution in [0.15, 0.2) is 30.9 Å². The third-order valence-electron chi connectivity index (χ3n) is 4.63. The predicted molar refractivity (Wildman–Crippen MR) is 87.1 cm³/mol. The number of halogens is 1. The summed E-state index contributed by atoms with van der Waals surface area (Å²) in [5.41, 5.74) is 2.67. The molecular weight excluding hydrogens is 305 g/mol. The average molecular weight is 326 g/mol. The van der Waals surface area contributed by atoms with Crippen molar-refractivity contribution in [2.24, 2.45) is 0 Å². The second-order valence-corrected chi connectivity index (χ2v) is 7.39. The molecule has 0 amide bonds. The van der Waals surface area contributed by atoms with Crippen LogP contribution in [0.25, 0.3) is 5.65 Å². The first-order chi connectivity index (χ1) is 11.4. The SMILES string of the molecule is Cc1cn2nc(F)cc2[n+](CC(C)(C)c2cnc(C3CC3)nc2)c1. The highest BCUT2D eigenvalue weighted by molar-refractivity contribution is 5.30. The van der Waals surface area contributed by atoms with Crippen LogP contribution < -0.4 is 4.57 Å². The monoisotopic (exact) mass is 326 g/mol. The lowest BCUT2D eigenvalue weighted by molar-refractivity contribution is -0.682. The third-order valence-corrected chi connectivity index (χ3v) is 4.63. The quantitative estimate of drug-likeness (QED) is 0.693. The number of aromatic nitrogens is 5. The largest absolute Gasteiger partial charge is 0.311 e. The van der Waals surface area contributed by atoms with E-state index in [-0.39, 0.29) is 5.41 Å². The van der Waals surface area contributed by atoms with Gasteiger partial charge in [0.2, 0.25) is 0 Å². The van der Waals surface area contributed by atoms with Crippen LogP contribution in [0.1, 0.15) is 49.6 Å². The summed E-state index contributed by atoms with van der Waals surface area (Å²) in [6.45, 7) is 6.98.